The molecule has 2 aromatic carbocycles. The number of piperidine rings is 1. The second kappa shape index (κ2) is 8.81. The van der Waals surface area contributed by atoms with Crippen LogP contribution in [-0.2, 0) is 22.4 Å². The number of likely N-dealkylation sites (tertiary alicyclic amines) is 1. The smallest absolute Gasteiger partial charge is 0.245 e. The molecule has 2 heterocycles. The van der Waals surface area contributed by atoms with Crippen molar-refractivity contribution in [3.05, 3.63) is 71.4 Å². The topological polar surface area (TPSA) is 111 Å². The molecule has 35 heavy (non-hydrogen) atoms. The van der Waals surface area contributed by atoms with Gasteiger partial charge in [0, 0.05) is 42.0 Å². The number of aromatic nitrogens is 1. The molecule has 0 radical (unpaired) electrons. The minimum atomic E-state index is -1.09. The van der Waals surface area contributed by atoms with E-state index in [0.717, 1.165) is 41.3 Å². The molecule has 2 aliphatic rings. The second-order valence-electron chi connectivity index (χ2n) is 10.8. The van der Waals surface area contributed by atoms with Gasteiger partial charge in [-0.1, -0.05) is 42.5 Å². The summed E-state index contributed by atoms with van der Waals surface area (Å²) in [5.74, 6) is -0.460. The van der Waals surface area contributed by atoms with Gasteiger partial charge in [-0.15, -0.1) is 0 Å². The number of aliphatic hydroxyl groups is 1. The van der Waals surface area contributed by atoms with Crippen LogP contribution in [0.15, 0.2) is 54.7 Å². The SMILES string of the molecule is CC(C)(N)C(=O)NC(Cc1c[nH]c2ccccc12)C(=O)N1CCC2(CC1)Cc1ccccc1[C@@H]2O. The largest absolute Gasteiger partial charge is 0.388 e. The molecule has 0 bridgehead atoms. The maximum absolute atomic E-state index is 13.7. The number of nitrogens with one attached hydrogen (secondary N) is 2. The highest BCUT2D eigenvalue weighted by molar-refractivity contribution is 5.92. The molecule has 3 aromatic rings. The van der Waals surface area contributed by atoms with Crippen molar-refractivity contribution in [3.8, 4) is 0 Å². The van der Waals surface area contributed by atoms with Gasteiger partial charge in [-0.2, -0.15) is 0 Å². The van der Waals surface area contributed by atoms with Crippen LogP contribution in [0.5, 0.6) is 0 Å². The van der Waals surface area contributed by atoms with Crippen molar-refractivity contribution < 1.29 is 14.7 Å². The number of benzene rings is 2. The number of carbonyl (C=O) groups is 2. The lowest BCUT2D eigenvalue weighted by atomic mass is 9.74. The summed E-state index contributed by atoms with van der Waals surface area (Å²) >= 11 is 0. The molecule has 2 atom stereocenters. The molecule has 1 spiro atoms. The Balaban J connectivity index is 1.34. The molecule has 1 aliphatic carbocycles. The second-order valence-corrected chi connectivity index (χ2v) is 10.8. The molecule has 5 rings (SSSR count). The van der Waals surface area contributed by atoms with Gasteiger partial charge in [-0.05, 0) is 55.9 Å². The fourth-order valence-electron chi connectivity index (χ4n) is 5.68. The van der Waals surface area contributed by atoms with Crippen molar-refractivity contribution in [3.63, 3.8) is 0 Å². The minimum Gasteiger partial charge on any atom is -0.388 e. The highest BCUT2D eigenvalue weighted by Gasteiger charge is 2.47. The van der Waals surface area contributed by atoms with E-state index in [4.69, 9.17) is 5.73 Å². The van der Waals surface area contributed by atoms with Gasteiger partial charge >= 0.3 is 0 Å². The number of hydrogen-bond donors (Lipinski definition) is 4. The van der Waals surface area contributed by atoms with Crippen LogP contribution >= 0.6 is 0 Å². The maximum atomic E-state index is 13.7. The van der Waals surface area contributed by atoms with Crippen LogP contribution in [0.25, 0.3) is 10.9 Å². The lowest BCUT2D eigenvalue weighted by Crippen LogP contribution is -2.58. The minimum absolute atomic E-state index is 0.104. The first-order valence-corrected chi connectivity index (χ1v) is 12.4. The molecular weight excluding hydrogens is 440 g/mol. The quantitative estimate of drug-likeness (QED) is 0.456. The number of rotatable bonds is 5. The average Bonchev–Trinajstić information content (AvgIpc) is 3.37. The summed E-state index contributed by atoms with van der Waals surface area (Å²) in [6, 6.07) is 15.3. The summed E-state index contributed by atoms with van der Waals surface area (Å²) in [6.07, 6.45) is 4.07. The molecule has 184 valence electrons. The summed E-state index contributed by atoms with van der Waals surface area (Å²) < 4.78 is 0. The highest BCUT2D eigenvalue weighted by Crippen LogP contribution is 2.51. The van der Waals surface area contributed by atoms with Crippen LogP contribution in [0.1, 0.15) is 49.5 Å². The first-order chi connectivity index (χ1) is 16.7. The van der Waals surface area contributed by atoms with E-state index < -0.39 is 17.7 Å². The zero-order valence-electron chi connectivity index (χ0n) is 20.4. The van der Waals surface area contributed by atoms with Crippen molar-refractivity contribution in [2.45, 2.75) is 57.2 Å². The maximum Gasteiger partial charge on any atom is 0.245 e. The number of nitrogens with two attached hydrogens (primary N) is 1. The van der Waals surface area contributed by atoms with Crippen LogP contribution in [0.2, 0.25) is 0 Å². The van der Waals surface area contributed by atoms with Crippen molar-refractivity contribution in [2.75, 3.05) is 13.1 Å². The zero-order chi connectivity index (χ0) is 24.8. The molecule has 1 aliphatic heterocycles. The first-order valence-electron chi connectivity index (χ1n) is 12.4. The molecule has 2 amide bonds. The van der Waals surface area contributed by atoms with Crippen molar-refractivity contribution in [1.29, 1.82) is 0 Å². The number of H-pyrrole nitrogens is 1. The molecule has 7 nitrogen and oxygen atoms in total. The van der Waals surface area contributed by atoms with Gasteiger partial charge < -0.3 is 26.0 Å². The van der Waals surface area contributed by atoms with E-state index in [0.29, 0.717) is 19.5 Å². The fraction of sp³-hybridized carbons (Fsp3) is 0.429. The standard InChI is InChI=1S/C28H34N4O3/c1-27(2,29)26(35)31-23(15-19-17-30-22-10-6-5-8-20(19)22)25(34)32-13-11-28(12-14-32)16-18-7-3-4-9-21(18)24(28)33/h3-10,17,23-24,30,33H,11-16,29H2,1-2H3,(H,31,35)/t23?,24-/m0/s1. The summed E-state index contributed by atoms with van der Waals surface area (Å²) in [6.45, 7) is 4.38. The van der Waals surface area contributed by atoms with Gasteiger partial charge in [0.1, 0.15) is 6.04 Å². The number of fused-ring (bicyclic) bond motifs is 2. The number of amides is 2. The molecular formula is C28H34N4O3. The van der Waals surface area contributed by atoms with Crippen LogP contribution in [0.4, 0.5) is 0 Å². The Hall–Kier alpha value is -3.16. The third-order valence-corrected chi connectivity index (χ3v) is 7.83. The number of hydrogen-bond acceptors (Lipinski definition) is 4. The highest BCUT2D eigenvalue weighted by atomic mass is 16.3. The number of carbonyl (C=O) groups excluding carboxylic acids is 2. The Morgan fingerprint density at radius 1 is 1.17 bits per heavy atom. The van der Waals surface area contributed by atoms with Gasteiger partial charge in [0.05, 0.1) is 11.6 Å². The predicted octanol–water partition coefficient (Wildman–Crippen LogP) is 2.83. The third-order valence-electron chi connectivity index (χ3n) is 7.83. The number of aromatic amines is 1. The first kappa shape index (κ1) is 23.6. The predicted molar refractivity (Wildman–Crippen MR) is 136 cm³/mol. The van der Waals surface area contributed by atoms with Crippen molar-refractivity contribution in [2.24, 2.45) is 11.1 Å². The van der Waals surface area contributed by atoms with Gasteiger partial charge in [-0.25, -0.2) is 0 Å². The Morgan fingerprint density at radius 3 is 2.57 bits per heavy atom. The molecule has 1 saturated heterocycles. The van der Waals surface area contributed by atoms with Crippen molar-refractivity contribution >= 4 is 22.7 Å². The monoisotopic (exact) mass is 474 g/mol. The Morgan fingerprint density at radius 2 is 1.86 bits per heavy atom. The van der Waals surface area contributed by atoms with E-state index in [1.54, 1.807) is 13.8 Å². The summed E-state index contributed by atoms with van der Waals surface area (Å²) in [4.78, 5) is 31.6. The Kier molecular flexibility index (Phi) is 5.93. The van der Waals surface area contributed by atoms with E-state index in [2.05, 4.69) is 16.4 Å². The molecule has 0 saturated carbocycles. The molecule has 1 unspecified atom stereocenters. The van der Waals surface area contributed by atoms with Crippen LogP contribution < -0.4 is 11.1 Å². The summed E-state index contributed by atoms with van der Waals surface area (Å²) in [5, 5.41) is 15.1. The van der Waals surface area contributed by atoms with E-state index >= 15 is 0 Å². The lowest BCUT2D eigenvalue weighted by Gasteiger charge is -2.42. The third kappa shape index (κ3) is 4.34. The zero-order valence-corrected chi connectivity index (χ0v) is 20.4. The van der Waals surface area contributed by atoms with Gasteiger partial charge in [0.15, 0.2) is 0 Å². The molecule has 5 N–H and O–H groups in total. The molecule has 1 fully saturated rings. The van der Waals surface area contributed by atoms with Crippen molar-refractivity contribution in [1.82, 2.24) is 15.2 Å². The van der Waals surface area contributed by atoms with Gasteiger partial charge in [0.25, 0.3) is 0 Å². The number of aliphatic hydroxyl groups excluding tert-OH is 1. The van der Waals surface area contributed by atoms with Crippen LogP contribution in [-0.4, -0.2) is 51.5 Å². The van der Waals surface area contributed by atoms with Crippen LogP contribution in [0, 0.1) is 5.41 Å². The lowest BCUT2D eigenvalue weighted by molar-refractivity contribution is -0.140. The Bertz CT molecular complexity index is 1250. The fourth-order valence-corrected chi connectivity index (χ4v) is 5.68. The normalized spacial score (nSPS) is 20.1. The number of para-hydroxylation sites is 1. The average molecular weight is 475 g/mol. The van der Waals surface area contributed by atoms with Gasteiger partial charge in [-0.3, -0.25) is 9.59 Å². The summed E-state index contributed by atoms with van der Waals surface area (Å²) in [5.41, 5.74) is 8.90. The summed E-state index contributed by atoms with van der Waals surface area (Å²) in [7, 11) is 0. The van der Waals surface area contributed by atoms with Crippen LogP contribution in [0.3, 0.4) is 0 Å². The Labute approximate surface area is 205 Å². The van der Waals surface area contributed by atoms with Gasteiger partial charge in [0.2, 0.25) is 11.8 Å². The molecule has 1 aromatic heterocycles. The number of nitrogens with zero attached hydrogens (tertiary/aromatic N) is 1. The van der Waals surface area contributed by atoms with E-state index in [1.807, 2.05) is 53.6 Å². The van der Waals surface area contributed by atoms with E-state index in [9.17, 15) is 14.7 Å². The van der Waals surface area contributed by atoms with E-state index in [1.165, 1.54) is 5.56 Å². The molecule has 7 heteroatoms. The van der Waals surface area contributed by atoms with E-state index in [-0.39, 0.29) is 17.2 Å².